The number of nitrogens with one attached hydrogen (secondary N) is 1. The molecule has 3 rings (SSSR count). The predicted octanol–water partition coefficient (Wildman–Crippen LogP) is 2.37. The summed E-state index contributed by atoms with van der Waals surface area (Å²) < 4.78 is 5.36. The number of hydrogen-bond donors (Lipinski definition) is 1. The largest absolute Gasteiger partial charge is 0.378 e. The van der Waals surface area contributed by atoms with Crippen LogP contribution >= 0.6 is 0 Å². The van der Waals surface area contributed by atoms with Crippen LogP contribution in [0.1, 0.15) is 5.56 Å². The molecule has 2 aromatic rings. The van der Waals surface area contributed by atoms with Crippen molar-refractivity contribution in [1.29, 1.82) is 0 Å². The highest BCUT2D eigenvalue weighted by molar-refractivity contribution is 5.55. The summed E-state index contributed by atoms with van der Waals surface area (Å²) in [5.41, 5.74) is 2.23. The first-order valence-corrected chi connectivity index (χ1v) is 6.81. The summed E-state index contributed by atoms with van der Waals surface area (Å²) in [5.74, 6) is 1.57. The van der Waals surface area contributed by atoms with Crippen LogP contribution < -0.4 is 10.2 Å². The molecule has 1 aromatic heterocycles. The fraction of sp³-hybridized carbons (Fsp3) is 0.333. The van der Waals surface area contributed by atoms with Crippen molar-refractivity contribution < 1.29 is 4.74 Å². The van der Waals surface area contributed by atoms with Gasteiger partial charge in [-0.3, -0.25) is 0 Å². The number of aryl methyl sites for hydroxylation is 1. The van der Waals surface area contributed by atoms with E-state index >= 15 is 0 Å². The molecule has 5 nitrogen and oxygen atoms in total. The van der Waals surface area contributed by atoms with Crippen molar-refractivity contribution in [2.75, 3.05) is 36.5 Å². The van der Waals surface area contributed by atoms with Gasteiger partial charge in [0.15, 0.2) is 0 Å². The van der Waals surface area contributed by atoms with Gasteiger partial charge in [-0.2, -0.15) is 4.98 Å². The summed E-state index contributed by atoms with van der Waals surface area (Å²) in [6.07, 6.45) is 1.79. The lowest BCUT2D eigenvalue weighted by molar-refractivity contribution is 0.122. The maximum Gasteiger partial charge on any atom is 0.229 e. The van der Waals surface area contributed by atoms with Crippen LogP contribution in [0.15, 0.2) is 36.5 Å². The van der Waals surface area contributed by atoms with Gasteiger partial charge in [0, 0.05) is 25.0 Å². The van der Waals surface area contributed by atoms with Crippen molar-refractivity contribution in [3.05, 3.63) is 42.1 Å². The number of anilines is 3. The Morgan fingerprint density at radius 1 is 1.10 bits per heavy atom. The van der Waals surface area contributed by atoms with Crippen molar-refractivity contribution in [1.82, 2.24) is 9.97 Å². The fourth-order valence-electron chi connectivity index (χ4n) is 2.14. The topological polar surface area (TPSA) is 50.3 Å². The van der Waals surface area contributed by atoms with E-state index in [1.807, 2.05) is 18.2 Å². The second-order valence-corrected chi connectivity index (χ2v) is 4.83. The summed E-state index contributed by atoms with van der Waals surface area (Å²) in [4.78, 5) is 11.0. The van der Waals surface area contributed by atoms with Gasteiger partial charge in [0.05, 0.1) is 13.2 Å². The molecule has 1 aromatic carbocycles. The van der Waals surface area contributed by atoms with Gasteiger partial charge >= 0.3 is 0 Å². The third-order valence-corrected chi connectivity index (χ3v) is 3.28. The molecule has 0 amide bonds. The molecule has 0 bridgehead atoms. The highest BCUT2D eigenvalue weighted by Gasteiger charge is 2.12. The maximum absolute atomic E-state index is 5.36. The second kappa shape index (κ2) is 5.88. The molecule has 1 saturated heterocycles. The van der Waals surface area contributed by atoms with Crippen LogP contribution in [0.4, 0.5) is 17.5 Å². The van der Waals surface area contributed by atoms with E-state index in [0.29, 0.717) is 5.95 Å². The highest BCUT2D eigenvalue weighted by Crippen LogP contribution is 2.17. The summed E-state index contributed by atoms with van der Waals surface area (Å²) in [6, 6.07) is 10.1. The molecule has 1 aliphatic rings. The van der Waals surface area contributed by atoms with E-state index in [-0.39, 0.29) is 0 Å². The Morgan fingerprint density at radius 3 is 2.60 bits per heavy atom. The number of hydrogen-bond acceptors (Lipinski definition) is 5. The Morgan fingerprint density at radius 2 is 1.85 bits per heavy atom. The molecule has 0 radical (unpaired) electrons. The van der Waals surface area contributed by atoms with E-state index in [9.17, 15) is 0 Å². The molecule has 0 aliphatic carbocycles. The first-order valence-electron chi connectivity index (χ1n) is 6.81. The molecule has 1 N–H and O–H groups in total. The number of ether oxygens (including phenoxy) is 1. The SMILES string of the molecule is Cc1ccc(Nc2nccc(N3CCOCC3)n2)cc1. The molecular formula is C15H18N4O. The van der Waals surface area contributed by atoms with E-state index < -0.39 is 0 Å². The van der Waals surface area contributed by atoms with Crippen LogP contribution in [0.25, 0.3) is 0 Å². The van der Waals surface area contributed by atoms with E-state index in [0.717, 1.165) is 37.8 Å². The van der Waals surface area contributed by atoms with Gasteiger partial charge in [-0.15, -0.1) is 0 Å². The minimum Gasteiger partial charge on any atom is -0.378 e. The quantitative estimate of drug-likeness (QED) is 0.928. The smallest absolute Gasteiger partial charge is 0.229 e. The van der Waals surface area contributed by atoms with Gasteiger partial charge in [-0.05, 0) is 25.1 Å². The maximum atomic E-state index is 5.36. The summed E-state index contributed by atoms with van der Waals surface area (Å²) >= 11 is 0. The Labute approximate surface area is 118 Å². The Hall–Kier alpha value is -2.14. The molecule has 0 atom stereocenters. The molecule has 1 aliphatic heterocycles. The van der Waals surface area contributed by atoms with E-state index in [4.69, 9.17) is 4.74 Å². The van der Waals surface area contributed by atoms with Gasteiger partial charge in [0.2, 0.25) is 5.95 Å². The first-order chi connectivity index (χ1) is 9.81. The Balaban J connectivity index is 1.75. The average Bonchev–Trinajstić information content (AvgIpc) is 2.51. The van der Waals surface area contributed by atoms with Crippen LogP contribution in [-0.2, 0) is 4.74 Å². The second-order valence-electron chi connectivity index (χ2n) is 4.83. The average molecular weight is 270 g/mol. The van der Waals surface area contributed by atoms with Crippen molar-refractivity contribution in [2.45, 2.75) is 6.92 Å². The van der Waals surface area contributed by atoms with Crippen LogP contribution in [-0.4, -0.2) is 36.3 Å². The Kier molecular flexibility index (Phi) is 3.78. The number of aromatic nitrogens is 2. The van der Waals surface area contributed by atoms with Crippen molar-refractivity contribution >= 4 is 17.5 Å². The number of morpholine rings is 1. The lowest BCUT2D eigenvalue weighted by atomic mass is 10.2. The Bertz CT molecular complexity index is 564. The van der Waals surface area contributed by atoms with Gasteiger partial charge in [0.25, 0.3) is 0 Å². The minimum atomic E-state index is 0.623. The zero-order valence-electron chi connectivity index (χ0n) is 11.5. The predicted molar refractivity (Wildman–Crippen MR) is 79.5 cm³/mol. The fourth-order valence-corrected chi connectivity index (χ4v) is 2.14. The number of rotatable bonds is 3. The first kappa shape index (κ1) is 12.9. The molecular weight excluding hydrogens is 252 g/mol. The summed E-state index contributed by atoms with van der Waals surface area (Å²) in [7, 11) is 0. The standard InChI is InChI=1S/C15H18N4O/c1-12-2-4-13(5-3-12)17-15-16-7-6-14(18-15)19-8-10-20-11-9-19/h2-7H,8-11H2,1H3,(H,16,17,18). The molecule has 2 heterocycles. The van der Waals surface area contributed by atoms with Gasteiger partial charge in [-0.25, -0.2) is 4.98 Å². The summed E-state index contributed by atoms with van der Waals surface area (Å²) in [6.45, 7) is 5.33. The van der Waals surface area contributed by atoms with Crippen LogP contribution in [0.3, 0.4) is 0 Å². The third-order valence-electron chi connectivity index (χ3n) is 3.28. The third kappa shape index (κ3) is 3.05. The molecule has 0 saturated carbocycles. The zero-order chi connectivity index (χ0) is 13.8. The van der Waals surface area contributed by atoms with E-state index in [2.05, 4.69) is 39.2 Å². The van der Waals surface area contributed by atoms with E-state index in [1.165, 1.54) is 5.56 Å². The normalized spacial score (nSPS) is 15.2. The van der Waals surface area contributed by atoms with Crippen molar-refractivity contribution in [3.8, 4) is 0 Å². The van der Waals surface area contributed by atoms with Crippen LogP contribution in [0.5, 0.6) is 0 Å². The zero-order valence-corrected chi connectivity index (χ0v) is 11.5. The van der Waals surface area contributed by atoms with Crippen molar-refractivity contribution in [3.63, 3.8) is 0 Å². The van der Waals surface area contributed by atoms with Gasteiger partial charge in [0.1, 0.15) is 5.82 Å². The minimum absolute atomic E-state index is 0.623. The number of benzene rings is 1. The lowest BCUT2D eigenvalue weighted by Crippen LogP contribution is -2.36. The van der Waals surface area contributed by atoms with Crippen LogP contribution in [0, 0.1) is 6.92 Å². The molecule has 1 fully saturated rings. The molecule has 0 spiro atoms. The monoisotopic (exact) mass is 270 g/mol. The van der Waals surface area contributed by atoms with Crippen LogP contribution in [0.2, 0.25) is 0 Å². The number of nitrogens with zero attached hydrogens (tertiary/aromatic N) is 3. The van der Waals surface area contributed by atoms with E-state index in [1.54, 1.807) is 6.20 Å². The molecule has 0 unspecified atom stereocenters. The van der Waals surface area contributed by atoms with Gasteiger partial charge in [-0.1, -0.05) is 17.7 Å². The molecule has 5 heteroatoms. The van der Waals surface area contributed by atoms with Gasteiger partial charge < -0.3 is 15.0 Å². The molecule has 104 valence electrons. The summed E-state index contributed by atoms with van der Waals surface area (Å²) in [5, 5.41) is 3.23. The molecule has 20 heavy (non-hydrogen) atoms. The lowest BCUT2D eigenvalue weighted by Gasteiger charge is -2.27. The highest BCUT2D eigenvalue weighted by atomic mass is 16.5. The van der Waals surface area contributed by atoms with Crippen molar-refractivity contribution in [2.24, 2.45) is 0 Å².